The van der Waals surface area contributed by atoms with Crippen LogP contribution in [0.1, 0.15) is 31.1 Å². The summed E-state index contributed by atoms with van der Waals surface area (Å²) < 4.78 is 5.40. The van der Waals surface area contributed by atoms with Gasteiger partial charge in [0.25, 0.3) is 0 Å². The minimum atomic E-state index is -1.06. The van der Waals surface area contributed by atoms with E-state index in [9.17, 15) is 4.79 Å². The first-order chi connectivity index (χ1) is 8.95. The molecule has 1 rings (SSSR count). The molecule has 1 heterocycles. The van der Waals surface area contributed by atoms with Gasteiger partial charge in [-0.2, -0.15) is 0 Å². The van der Waals surface area contributed by atoms with Crippen LogP contribution in [-0.4, -0.2) is 35.3 Å². The van der Waals surface area contributed by atoms with Gasteiger partial charge in [-0.1, -0.05) is 13.8 Å². The number of carboxylic acids is 1. The quantitative estimate of drug-likeness (QED) is 0.697. The normalized spacial score (nSPS) is 12.4. The number of rotatable bonds is 7. The molecule has 0 aliphatic heterocycles. The molecule has 1 unspecified atom stereocenters. The van der Waals surface area contributed by atoms with Gasteiger partial charge < -0.3 is 20.9 Å². The minimum absolute atomic E-state index is 0.0522. The Hall–Kier alpha value is -1.82. The van der Waals surface area contributed by atoms with Crippen LogP contribution in [-0.2, 0) is 4.74 Å². The summed E-state index contributed by atoms with van der Waals surface area (Å²) in [6.45, 7) is 7.24. The smallest absolute Gasteiger partial charge is 0.337 e. The predicted molar refractivity (Wildman–Crippen MR) is 74.4 cm³/mol. The van der Waals surface area contributed by atoms with Gasteiger partial charge in [0.05, 0.1) is 30.1 Å². The molecular weight excluding hydrogens is 246 g/mol. The maximum atomic E-state index is 11.0. The lowest BCUT2D eigenvalue weighted by molar-refractivity contribution is 0.0698. The molecule has 0 radical (unpaired) electrons. The largest absolute Gasteiger partial charge is 0.478 e. The Morgan fingerprint density at radius 1 is 1.58 bits per heavy atom. The first-order valence-corrected chi connectivity index (χ1v) is 6.28. The number of anilines is 2. The van der Waals surface area contributed by atoms with E-state index in [-0.39, 0.29) is 17.3 Å². The summed E-state index contributed by atoms with van der Waals surface area (Å²) in [6.07, 6.45) is 1.35. The SMILES string of the molecule is CCOCC(Nc1cc(C(=O)O)c(N)cn1)C(C)C. The average Bonchev–Trinajstić information content (AvgIpc) is 2.35. The summed E-state index contributed by atoms with van der Waals surface area (Å²) in [5.74, 6) is -0.238. The van der Waals surface area contributed by atoms with Gasteiger partial charge in [-0.05, 0) is 18.9 Å². The average molecular weight is 267 g/mol. The van der Waals surface area contributed by atoms with Crippen LogP contribution in [0.2, 0.25) is 0 Å². The van der Waals surface area contributed by atoms with Crippen LogP contribution in [0.4, 0.5) is 11.5 Å². The Labute approximate surface area is 113 Å². The molecule has 0 spiro atoms. The lowest BCUT2D eigenvalue weighted by atomic mass is 10.1. The number of pyridine rings is 1. The molecule has 6 nitrogen and oxygen atoms in total. The van der Waals surface area contributed by atoms with Crippen molar-refractivity contribution in [2.75, 3.05) is 24.3 Å². The Balaban J connectivity index is 2.84. The maximum absolute atomic E-state index is 11.0. The number of nitrogens with two attached hydrogens (primary N) is 1. The van der Waals surface area contributed by atoms with Crippen molar-refractivity contribution in [3.05, 3.63) is 17.8 Å². The molecule has 0 aliphatic rings. The molecule has 106 valence electrons. The van der Waals surface area contributed by atoms with E-state index in [1.807, 2.05) is 6.92 Å². The Morgan fingerprint density at radius 2 is 2.26 bits per heavy atom. The monoisotopic (exact) mass is 267 g/mol. The van der Waals surface area contributed by atoms with Crippen LogP contribution in [0.3, 0.4) is 0 Å². The molecule has 0 bridgehead atoms. The molecule has 0 aromatic carbocycles. The number of nitrogen functional groups attached to an aromatic ring is 1. The fourth-order valence-corrected chi connectivity index (χ4v) is 1.57. The molecule has 1 aromatic rings. The van der Waals surface area contributed by atoms with Crippen molar-refractivity contribution in [3.8, 4) is 0 Å². The molecule has 19 heavy (non-hydrogen) atoms. The predicted octanol–water partition coefficient (Wildman–Crippen LogP) is 1.83. The Bertz CT molecular complexity index is 435. The lowest BCUT2D eigenvalue weighted by Crippen LogP contribution is -2.31. The molecule has 0 saturated carbocycles. The number of hydrogen-bond donors (Lipinski definition) is 3. The van der Waals surface area contributed by atoms with Crippen molar-refractivity contribution in [1.82, 2.24) is 4.98 Å². The molecule has 0 aliphatic carbocycles. The van der Waals surface area contributed by atoms with E-state index in [2.05, 4.69) is 24.1 Å². The zero-order valence-electron chi connectivity index (χ0n) is 11.5. The van der Waals surface area contributed by atoms with Crippen molar-refractivity contribution in [2.24, 2.45) is 5.92 Å². The van der Waals surface area contributed by atoms with Gasteiger partial charge in [0.15, 0.2) is 0 Å². The van der Waals surface area contributed by atoms with E-state index >= 15 is 0 Å². The van der Waals surface area contributed by atoms with Gasteiger partial charge in [-0.3, -0.25) is 0 Å². The second kappa shape index (κ2) is 6.94. The molecule has 0 amide bonds. The summed E-state index contributed by atoms with van der Waals surface area (Å²) in [5.41, 5.74) is 5.77. The van der Waals surface area contributed by atoms with Gasteiger partial charge in [0.2, 0.25) is 0 Å². The van der Waals surface area contributed by atoms with Crippen molar-refractivity contribution < 1.29 is 14.6 Å². The van der Waals surface area contributed by atoms with Crippen LogP contribution in [0.15, 0.2) is 12.3 Å². The molecule has 4 N–H and O–H groups in total. The highest BCUT2D eigenvalue weighted by atomic mass is 16.5. The Morgan fingerprint density at radius 3 is 2.79 bits per heavy atom. The summed E-state index contributed by atoms with van der Waals surface area (Å²) in [4.78, 5) is 15.1. The summed E-state index contributed by atoms with van der Waals surface area (Å²) in [7, 11) is 0. The number of aromatic carboxylic acids is 1. The molecule has 1 atom stereocenters. The third kappa shape index (κ3) is 4.40. The highest BCUT2D eigenvalue weighted by molar-refractivity contribution is 5.94. The number of hydrogen-bond acceptors (Lipinski definition) is 5. The van der Waals surface area contributed by atoms with E-state index in [0.29, 0.717) is 24.9 Å². The van der Waals surface area contributed by atoms with Crippen LogP contribution < -0.4 is 11.1 Å². The van der Waals surface area contributed by atoms with E-state index in [4.69, 9.17) is 15.6 Å². The number of nitrogens with one attached hydrogen (secondary N) is 1. The first kappa shape index (κ1) is 15.2. The van der Waals surface area contributed by atoms with Crippen molar-refractivity contribution in [3.63, 3.8) is 0 Å². The van der Waals surface area contributed by atoms with E-state index in [0.717, 1.165) is 0 Å². The van der Waals surface area contributed by atoms with Gasteiger partial charge in [-0.15, -0.1) is 0 Å². The summed E-state index contributed by atoms with van der Waals surface area (Å²) in [6, 6.07) is 1.51. The van der Waals surface area contributed by atoms with E-state index in [1.165, 1.54) is 12.3 Å². The summed E-state index contributed by atoms with van der Waals surface area (Å²) >= 11 is 0. The van der Waals surface area contributed by atoms with Gasteiger partial charge >= 0.3 is 5.97 Å². The topological polar surface area (TPSA) is 97.5 Å². The number of ether oxygens (including phenoxy) is 1. The van der Waals surface area contributed by atoms with Gasteiger partial charge in [0, 0.05) is 6.61 Å². The zero-order valence-corrected chi connectivity index (χ0v) is 11.5. The van der Waals surface area contributed by atoms with Gasteiger partial charge in [0.1, 0.15) is 5.82 Å². The van der Waals surface area contributed by atoms with Crippen LogP contribution >= 0.6 is 0 Å². The minimum Gasteiger partial charge on any atom is -0.478 e. The third-order valence-corrected chi connectivity index (χ3v) is 2.80. The highest BCUT2D eigenvalue weighted by Crippen LogP contribution is 2.17. The number of aromatic nitrogens is 1. The van der Waals surface area contributed by atoms with E-state index in [1.54, 1.807) is 0 Å². The van der Waals surface area contributed by atoms with Crippen LogP contribution in [0, 0.1) is 5.92 Å². The Kier molecular flexibility index (Phi) is 5.57. The van der Waals surface area contributed by atoms with Crippen LogP contribution in [0.5, 0.6) is 0 Å². The highest BCUT2D eigenvalue weighted by Gasteiger charge is 2.16. The first-order valence-electron chi connectivity index (χ1n) is 6.28. The molecule has 1 aromatic heterocycles. The molecule has 0 saturated heterocycles. The second-order valence-corrected chi connectivity index (χ2v) is 4.62. The second-order valence-electron chi connectivity index (χ2n) is 4.62. The number of nitrogens with zero attached hydrogens (tertiary/aromatic N) is 1. The molecule has 0 fully saturated rings. The number of carboxylic acid groups (broad SMARTS) is 1. The standard InChI is InChI=1S/C13H21N3O3/c1-4-19-7-11(8(2)3)16-12-5-9(13(17)18)10(14)6-15-12/h5-6,8,11H,4,7,14H2,1-3H3,(H,15,16)(H,17,18). The third-order valence-electron chi connectivity index (χ3n) is 2.80. The molecule has 6 heteroatoms. The van der Waals surface area contributed by atoms with Crippen LogP contribution in [0.25, 0.3) is 0 Å². The molecular formula is C13H21N3O3. The van der Waals surface area contributed by atoms with Crippen molar-refractivity contribution >= 4 is 17.5 Å². The number of carbonyl (C=O) groups is 1. The maximum Gasteiger partial charge on any atom is 0.337 e. The summed E-state index contributed by atoms with van der Waals surface area (Å²) in [5, 5.41) is 12.2. The lowest BCUT2D eigenvalue weighted by Gasteiger charge is -2.22. The van der Waals surface area contributed by atoms with Crippen molar-refractivity contribution in [2.45, 2.75) is 26.8 Å². The fraction of sp³-hybridized carbons (Fsp3) is 0.538. The van der Waals surface area contributed by atoms with E-state index < -0.39 is 5.97 Å². The zero-order chi connectivity index (χ0) is 14.4. The fourth-order valence-electron chi connectivity index (χ4n) is 1.57. The van der Waals surface area contributed by atoms with Gasteiger partial charge in [-0.25, -0.2) is 9.78 Å². The van der Waals surface area contributed by atoms with Crippen molar-refractivity contribution in [1.29, 1.82) is 0 Å².